The summed E-state index contributed by atoms with van der Waals surface area (Å²) in [5.74, 6) is -0.200. The van der Waals surface area contributed by atoms with Gasteiger partial charge >= 0.3 is 6.03 Å². The van der Waals surface area contributed by atoms with Crippen molar-refractivity contribution in [2.75, 3.05) is 39.3 Å². The molecule has 0 atom stereocenters. The lowest BCUT2D eigenvalue weighted by Gasteiger charge is -2.35. The molecule has 4 rings (SSSR count). The van der Waals surface area contributed by atoms with Crippen LogP contribution in [0.3, 0.4) is 0 Å². The van der Waals surface area contributed by atoms with E-state index in [0.29, 0.717) is 32.6 Å². The molecule has 9 heteroatoms. The van der Waals surface area contributed by atoms with E-state index in [2.05, 4.69) is 27.7 Å². The molecule has 2 fully saturated rings. The first-order chi connectivity index (χ1) is 14.6. The maximum Gasteiger partial charge on any atom is 0.324 e. The summed E-state index contributed by atoms with van der Waals surface area (Å²) < 4.78 is 0. The molecule has 4 amide bonds. The maximum absolute atomic E-state index is 12.5. The third-order valence-electron chi connectivity index (χ3n) is 5.42. The first kappa shape index (κ1) is 20.5. The van der Waals surface area contributed by atoms with E-state index in [0.717, 1.165) is 35.9 Å². The van der Waals surface area contributed by atoms with Crippen molar-refractivity contribution >= 4 is 29.2 Å². The molecule has 1 aromatic carbocycles. The summed E-state index contributed by atoms with van der Waals surface area (Å²) in [6.45, 7) is 4.49. The van der Waals surface area contributed by atoms with Crippen molar-refractivity contribution in [1.82, 2.24) is 25.0 Å². The van der Waals surface area contributed by atoms with Crippen LogP contribution in [-0.2, 0) is 16.1 Å². The van der Waals surface area contributed by atoms with Crippen LogP contribution in [0, 0.1) is 0 Å². The number of hydrogen-bond acceptors (Lipinski definition) is 6. The summed E-state index contributed by atoms with van der Waals surface area (Å²) in [4.78, 5) is 45.9. The molecule has 2 aliphatic heterocycles. The van der Waals surface area contributed by atoms with E-state index in [1.807, 2.05) is 23.1 Å². The highest BCUT2D eigenvalue weighted by Crippen LogP contribution is 2.24. The number of piperazine rings is 1. The second kappa shape index (κ2) is 9.36. The van der Waals surface area contributed by atoms with Crippen LogP contribution in [0.15, 0.2) is 35.7 Å². The first-order valence-corrected chi connectivity index (χ1v) is 11.0. The van der Waals surface area contributed by atoms with E-state index in [4.69, 9.17) is 4.98 Å². The van der Waals surface area contributed by atoms with Crippen LogP contribution in [0.2, 0.25) is 0 Å². The summed E-state index contributed by atoms with van der Waals surface area (Å²) in [6.07, 6.45) is 0.579. The Morgan fingerprint density at radius 3 is 2.57 bits per heavy atom. The Morgan fingerprint density at radius 2 is 1.83 bits per heavy atom. The molecule has 0 aliphatic carbocycles. The fourth-order valence-electron chi connectivity index (χ4n) is 3.68. The number of amides is 4. The number of rotatable bonds is 6. The third kappa shape index (κ3) is 5.03. The van der Waals surface area contributed by atoms with Gasteiger partial charge in [-0.15, -0.1) is 11.3 Å². The van der Waals surface area contributed by atoms with E-state index in [1.165, 1.54) is 4.90 Å². The van der Waals surface area contributed by atoms with Gasteiger partial charge in [-0.25, -0.2) is 9.78 Å². The van der Waals surface area contributed by atoms with Gasteiger partial charge < -0.3 is 9.80 Å². The second-order valence-corrected chi connectivity index (χ2v) is 8.37. The lowest BCUT2D eigenvalue weighted by atomic mass is 10.2. The molecule has 2 aromatic rings. The zero-order chi connectivity index (χ0) is 20.9. The number of aromatic nitrogens is 1. The summed E-state index contributed by atoms with van der Waals surface area (Å²) in [7, 11) is 0. The molecule has 2 saturated heterocycles. The minimum atomic E-state index is -0.401. The quantitative estimate of drug-likeness (QED) is 0.760. The van der Waals surface area contributed by atoms with Gasteiger partial charge in [0.05, 0.1) is 5.69 Å². The third-order valence-corrected chi connectivity index (χ3v) is 6.36. The van der Waals surface area contributed by atoms with Gasteiger partial charge in [-0.1, -0.05) is 30.3 Å². The molecule has 3 heterocycles. The summed E-state index contributed by atoms with van der Waals surface area (Å²) in [5.41, 5.74) is 2.19. The van der Waals surface area contributed by atoms with Gasteiger partial charge in [0.25, 0.3) is 0 Å². The first-order valence-electron chi connectivity index (χ1n) is 10.2. The Balaban J connectivity index is 1.21. The molecule has 1 N–H and O–H groups in total. The number of carbonyl (C=O) groups excluding carboxylic acids is 3. The number of urea groups is 1. The molecule has 0 unspecified atom stereocenters. The zero-order valence-corrected chi connectivity index (χ0v) is 17.6. The molecule has 8 nitrogen and oxygen atoms in total. The molecule has 0 bridgehead atoms. The van der Waals surface area contributed by atoms with Crippen LogP contribution in [0.25, 0.3) is 10.6 Å². The number of hydrogen-bond donors (Lipinski definition) is 1. The smallest absolute Gasteiger partial charge is 0.324 e. The van der Waals surface area contributed by atoms with Gasteiger partial charge in [0.15, 0.2) is 0 Å². The minimum Gasteiger partial charge on any atom is -0.340 e. The molecule has 0 radical (unpaired) electrons. The van der Waals surface area contributed by atoms with E-state index in [9.17, 15) is 14.4 Å². The Kier molecular flexibility index (Phi) is 6.39. The van der Waals surface area contributed by atoms with E-state index < -0.39 is 6.03 Å². The molecule has 2 aliphatic rings. The van der Waals surface area contributed by atoms with E-state index in [-0.39, 0.29) is 18.2 Å². The van der Waals surface area contributed by atoms with Crippen LogP contribution < -0.4 is 5.32 Å². The predicted molar refractivity (Wildman–Crippen MR) is 114 cm³/mol. The van der Waals surface area contributed by atoms with Gasteiger partial charge in [0.1, 0.15) is 5.01 Å². The summed E-state index contributed by atoms with van der Waals surface area (Å²) in [5, 5.41) is 5.42. The van der Waals surface area contributed by atoms with Gasteiger partial charge in [0.2, 0.25) is 11.8 Å². The normalized spacial score (nSPS) is 17.9. The zero-order valence-electron chi connectivity index (χ0n) is 16.7. The van der Waals surface area contributed by atoms with Crippen LogP contribution in [0.5, 0.6) is 0 Å². The Bertz CT molecular complexity index is 908. The van der Waals surface area contributed by atoms with Crippen LogP contribution in [-0.4, -0.2) is 76.8 Å². The van der Waals surface area contributed by atoms with Crippen molar-refractivity contribution in [3.8, 4) is 10.6 Å². The number of carbonyl (C=O) groups is 3. The predicted octanol–water partition coefficient (Wildman–Crippen LogP) is 1.79. The monoisotopic (exact) mass is 427 g/mol. The topological polar surface area (TPSA) is 85.9 Å². The average Bonchev–Trinajstić information content (AvgIpc) is 3.22. The molecule has 1 aromatic heterocycles. The molecule has 30 heavy (non-hydrogen) atoms. The largest absolute Gasteiger partial charge is 0.340 e. The SMILES string of the molecule is O=C1CCN(CCC(=O)N2CCN(Cc3csc(-c4ccccc4)n3)CC2)C(=O)N1. The average molecular weight is 428 g/mol. The van der Waals surface area contributed by atoms with Crippen molar-refractivity contribution in [3.63, 3.8) is 0 Å². The van der Waals surface area contributed by atoms with Gasteiger partial charge in [-0.2, -0.15) is 0 Å². The molecule has 158 valence electrons. The van der Waals surface area contributed by atoms with E-state index in [1.54, 1.807) is 11.3 Å². The van der Waals surface area contributed by atoms with Crippen LogP contribution in [0.4, 0.5) is 4.79 Å². The molecule has 0 spiro atoms. The Labute approximate surface area is 179 Å². The number of thiazole rings is 1. The fraction of sp³-hybridized carbons (Fsp3) is 0.429. The van der Waals surface area contributed by atoms with Crippen molar-refractivity contribution in [3.05, 3.63) is 41.4 Å². The van der Waals surface area contributed by atoms with E-state index >= 15 is 0 Å². The number of nitrogens with one attached hydrogen (secondary N) is 1. The summed E-state index contributed by atoms with van der Waals surface area (Å²) >= 11 is 1.66. The lowest BCUT2D eigenvalue weighted by Crippen LogP contribution is -2.51. The Morgan fingerprint density at radius 1 is 1.07 bits per heavy atom. The highest BCUT2D eigenvalue weighted by atomic mass is 32.1. The molecular weight excluding hydrogens is 402 g/mol. The number of benzene rings is 1. The van der Waals surface area contributed by atoms with Crippen molar-refractivity contribution in [2.45, 2.75) is 19.4 Å². The van der Waals surface area contributed by atoms with Crippen LogP contribution in [0.1, 0.15) is 18.5 Å². The maximum atomic E-state index is 12.5. The minimum absolute atomic E-state index is 0.0550. The Hall–Kier alpha value is -2.78. The fourth-order valence-corrected chi connectivity index (χ4v) is 4.50. The summed E-state index contributed by atoms with van der Waals surface area (Å²) in [6, 6.07) is 9.77. The van der Waals surface area contributed by atoms with Crippen molar-refractivity contribution in [2.24, 2.45) is 0 Å². The lowest BCUT2D eigenvalue weighted by molar-refractivity contribution is -0.133. The standard InChI is InChI=1S/C21H25N5O3S/c27-18-6-8-26(21(29)23-18)9-7-19(28)25-12-10-24(11-13-25)14-17-15-30-20(22-17)16-4-2-1-3-5-16/h1-5,15H,6-14H2,(H,23,27,29). The van der Waals surface area contributed by atoms with Crippen molar-refractivity contribution in [1.29, 1.82) is 0 Å². The highest BCUT2D eigenvalue weighted by Gasteiger charge is 2.25. The van der Waals surface area contributed by atoms with Gasteiger partial charge in [0, 0.05) is 69.6 Å². The second-order valence-electron chi connectivity index (χ2n) is 7.51. The van der Waals surface area contributed by atoms with Crippen LogP contribution >= 0.6 is 11.3 Å². The van der Waals surface area contributed by atoms with Gasteiger partial charge in [-0.3, -0.25) is 19.8 Å². The number of nitrogens with zero attached hydrogens (tertiary/aromatic N) is 4. The molecular formula is C21H25N5O3S. The molecule has 0 saturated carbocycles. The number of imide groups is 1. The highest BCUT2D eigenvalue weighted by molar-refractivity contribution is 7.13. The van der Waals surface area contributed by atoms with Gasteiger partial charge in [-0.05, 0) is 0 Å². The van der Waals surface area contributed by atoms with Crippen molar-refractivity contribution < 1.29 is 14.4 Å².